The molecule has 0 aliphatic heterocycles. The third kappa shape index (κ3) is 6.12. The summed E-state index contributed by atoms with van der Waals surface area (Å²) >= 11 is 1.78. The molecule has 0 spiro atoms. The van der Waals surface area contributed by atoms with Gasteiger partial charge in [-0.25, -0.2) is 4.39 Å². The van der Waals surface area contributed by atoms with E-state index in [1.54, 1.807) is 24.9 Å². The third-order valence-electron chi connectivity index (χ3n) is 3.48. The highest BCUT2D eigenvalue weighted by molar-refractivity contribution is 8.00. The predicted molar refractivity (Wildman–Crippen MR) is 101 cm³/mol. The SMILES string of the molecule is CN=C(NCc1cc(C#N)ccc1F)NCC(C)Sc1ccccc1. The molecule has 0 heterocycles. The van der Waals surface area contributed by atoms with Gasteiger partial charge in [0.25, 0.3) is 0 Å². The molecule has 0 radical (unpaired) electrons. The maximum Gasteiger partial charge on any atom is 0.191 e. The number of rotatable bonds is 6. The van der Waals surface area contributed by atoms with E-state index in [1.165, 1.54) is 17.0 Å². The van der Waals surface area contributed by atoms with Gasteiger partial charge in [0.2, 0.25) is 0 Å². The summed E-state index contributed by atoms with van der Waals surface area (Å²) < 4.78 is 13.8. The van der Waals surface area contributed by atoms with Crippen LogP contribution in [-0.2, 0) is 6.54 Å². The van der Waals surface area contributed by atoms with Crippen molar-refractivity contribution in [2.24, 2.45) is 4.99 Å². The Bertz CT molecular complexity index is 756. The maximum atomic E-state index is 13.8. The molecular weight excluding hydrogens is 335 g/mol. The summed E-state index contributed by atoms with van der Waals surface area (Å²) in [5.74, 6) is 0.261. The van der Waals surface area contributed by atoms with Crippen molar-refractivity contribution in [3.8, 4) is 6.07 Å². The number of hydrogen-bond acceptors (Lipinski definition) is 3. The van der Waals surface area contributed by atoms with Crippen LogP contribution in [0.5, 0.6) is 0 Å². The summed E-state index contributed by atoms with van der Waals surface area (Å²) in [6, 6.07) is 16.5. The lowest BCUT2D eigenvalue weighted by molar-refractivity contribution is 0.604. The normalized spacial score (nSPS) is 12.3. The summed E-state index contributed by atoms with van der Waals surface area (Å²) in [6.07, 6.45) is 0. The molecule has 0 amide bonds. The minimum absolute atomic E-state index is 0.265. The van der Waals surface area contributed by atoms with Gasteiger partial charge in [0, 0.05) is 35.8 Å². The van der Waals surface area contributed by atoms with E-state index in [9.17, 15) is 4.39 Å². The van der Waals surface area contributed by atoms with Crippen LogP contribution in [0.4, 0.5) is 4.39 Å². The van der Waals surface area contributed by atoms with E-state index in [-0.39, 0.29) is 12.4 Å². The molecule has 2 N–H and O–H groups in total. The van der Waals surface area contributed by atoms with Crippen molar-refractivity contribution >= 4 is 17.7 Å². The quantitative estimate of drug-likeness (QED) is 0.472. The fraction of sp³-hybridized carbons (Fsp3) is 0.263. The Balaban J connectivity index is 1.84. The van der Waals surface area contributed by atoms with Crippen LogP contribution in [0.25, 0.3) is 0 Å². The van der Waals surface area contributed by atoms with Crippen molar-refractivity contribution in [2.45, 2.75) is 23.6 Å². The van der Waals surface area contributed by atoms with Gasteiger partial charge >= 0.3 is 0 Å². The summed E-state index contributed by atoms with van der Waals surface area (Å²) in [4.78, 5) is 5.37. The minimum atomic E-state index is -0.338. The van der Waals surface area contributed by atoms with Gasteiger partial charge in [0.1, 0.15) is 5.82 Å². The van der Waals surface area contributed by atoms with Crippen LogP contribution in [0.1, 0.15) is 18.1 Å². The highest BCUT2D eigenvalue weighted by Crippen LogP contribution is 2.21. The number of aliphatic imine (C=N–C) groups is 1. The average Bonchev–Trinajstić information content (AvgIpc) is 2.64. The van der Waals surface area contributed by atoms with Gasteiger partial charge in [-0.1, -0.05) is 25.1 Å². The molecule has 1 atom stereocenters. The first-order valence-corrected chi connectivity index (χ1v) is 8.85. The largest absolute Gasteiger partial charge is 0.355 e. The highest BCUT2D eigenvalue weighted by Gasteiger charge is 2.08. The molecular formula is C19H21FN4S. The van der Waals surface area contributed by atoms with Crippen molar-refractivity contribution in [2.75, 3.05) is 13.6 Å². The van der Waals surface area contributed by atoms with Crippen LogP contribution in [0.15, 0.2) is 58.4 Å². The summed E-state index contributed by atoms with van der Waals surface area (Å²) in [5, 5.41) is 15.6. The first kappa shape index (κ1) is 18.8. The molecule has 0 bridgehead atoms. The molecule has 2 rings (SSSR count). The molecule has 6 heteroatoms. The number of nitriles is 1. The number of halogens is 1. The number of hydrogen-bond donors (Lipinski definition) is 2. The Kier molecular flexibility index (Phi) is 7.30. The molecule has 0 aromatic heterocycles. The second-order valence-corrected chi connectivity index (χ2v) is 6.98. The second-order valence-electron chi connectivity index (χ2n) is 5.47. The standard InChI is InChI=1S/C19H21FN4S/c1-14(25-17-6-4-3-5-7-17)12-23-19(22-2)24-13-16-10-15(11-21)8-9-18(16)20/h3-10,14H,12-13H2,1-2H3,(H2,22,23,24). The Labute approximate surface area is 152 Å². The van der Waals surface area contributed by atoms with Crippen molar-refractivity contribution in [3.05, 3.63) is 65.5 Å². The van der Waals surface area contributed by atoms with E-state index in [2.05, 4.69) is 34.7 Å². The molecule has 4 nitrogen and oxygen atoms in total. The Morgan fingerprint density at radius 3 is 2.68 bits per heavy atom. The number of thioether (sulfide) groups is 1. The lowest BCUT2D eigenvalue weighted by atomic mass is 10.1. The zero-order valence-corrected chi connectivity index (χ0v) is 15.1. The molecule has 25 heavy (non-hydrogen) atoms. The molecule has 130 valence electrons. The van der Waals surface area contributed by atoms with Crippen LogP contribution >= 0.6 is 11.8 Å². The van der Waals surface area contributed by atoms with Gasteiger partial charge in [-0.3, -0.25) is 4.99 Å². The van der Waals surface area contributed by atoms with Gasteiger partial charge < -0.3 is 10.6 Å². The number of nitrogens with one attached hydrogen (secondary N) is 2. The van der Waals surface area contributed by atoms with Crippen LogP contribution in [-0.4, -0.2) is 24.8 Å². The molecule has 0 aliphatic rings. The summed E-state index contributed by atoms with van der Waals surface area (Å²) in [7, 11) is 1.67. The maximum absolute atomic E-state index is 13.8. The van der Waals surface area contributed by atoms with E-state index in [1.807, 2.05) is 24.3 Å². The van der Waals surface area contributed by atoms with Gasteiger partial charge in [0.05, 0.1) is 11.6 Å². The molecule has 0 aliphatic carbocycles. The fourth-order valence-electron chi connectivity index (χ4n) is 2.19. The summed E-state index contributed by atoms with van der Waals surface area (Å²) in [5.41, 5.74) is 0.878. The first-order chi connectivity index (χ1) is 12.1. The summed E-state index contributed by atoms with van der Waals surface area (Å²) in [6.45, 7) is 3.12. The van der Waals surface area contributed by atoms with Gasteiger partial charge in [-0.15, -0.1) is 11.8 Å². The molecule has 0 fully saturated rings. The van der Waals surface area contributed by atoms with Crippen LogP contribution < -0.4 is 10.6 Å². The third-order valence-corrected chi connectivity index (χ3v) is 4.60. The van der Waals surface area contributed by atoms with Crippen molar-refractivity contribution in [1.29, 1.82) is 5.26 Å². The topological polar surface area (TPSA) is 60.2 Å². The van der Waals surface area contributed by atoms with Crippen molar-refractivity contribution in [1.82, 2.24) is 10.6 Å². The van der Waals surface area contributed by atoms with Crippen LogP contribution in [0.3, 0.4) is 0 Å². The van der Waals surface area contributed by atoms with E-state index in [4.69, 9.17) is 5.26 Å². The van der Waals surface area contributed by atoms with Gasteiger partial charge in [0.15, 0.2) is 5.96 Å². The lowest BCUT2D eigenvalue weighted by Gasteiger charge is -2.16. The monoisotopic (exact) mass is 356 g/mol. The molecule has 2 aromatic carbocycles. The van der Waals surface area contributed by atoms with Crippen LogP contribution in [0.2, 0.25) is 0 Å². The number of guanidine groups is 1. The lowest BCUT2D eigenvalue weighted by Crippen LogP contribution is -2.39. The van der Waals surface area contributed by atoms with E-state index >= 15 is 0 Å². The molecule has 0 saturated heterocycles. The van der Waals surface area contributed by atoms with Crippen molar-refractivity contribution < 1.29 is 4.39 Å². The predicted octanol–water partition coefficient (Wildman–Crippen LogP) is 3.54. The fourth-order valence-corrected chi connectivity index (χ4v) is 3.14. The zero-order valence-electron chi connectivity index (χ0n) is 14.3. The molecule has 1 unspecified atom stereocenters. The number of benzene rings is 2. The first-order valence-electron chi connectivity index (χ1n) is 7.97. The van der Waals surface area contributed by atoms with Crippen LogP contribution in [0, 0.1) is 17.1 Å². The molecule has 2 aromatic rings. The Hall–Kier alpha value is -2.52. The average molecular weight is 356 g/mol. The Morgan fingerprint density at radius 1 is 1.24 bits per heavy atom. The smallest absolute Gasteiger partial charge is 0.191 e. The van der Waals surface area contributed by atoms with Gasteiger partial charge in [-0.05, 0) is 30.3 Å². The number of nitrogens with zero attached hydrogens (tertiary/aromatic N) is 2. The zero-order chi connectivity index (χ0) is 18.1. The minimum Gasteiger partial charge on any atom is -0.355 e. The Morgan fingerprint density at radius 2 is 2.00 bits per heavy atom. The van der Waals surface area contributed by atoms with E-state index in [0.29, 0.717) is 22.3 Å². The van der Waals surface area contributed by atoms with E-state index < -0.39 is 0 Å². The van der Waals surface area contributed by atoms with Gasteiger partial charge in [-0.2, -0.15) is 5.26 Å². The van der Waals surface area contributed by atoms with E-state index in [0.717, 1.165) is 6.54 Å². The highest BCUT2D eigenvalue weighted by atomic mass is 32.2. The van der Waals surface area contributed by atoms with Crippen molar-refractivity contribution in [3.63, 3.8) is 0 Å². The molecule has 0 saturated carbocycles. The second kappa shape index (κ2) is 9.70.